The fraction of sp³-hybridized carbons (Fsp3) is 0.462. The summed E-state index contributed by atoms with van der Waals surface area (Å²) in [7, 11) is -1.99. The highest BCUT2D eigenvalue weighted by molar-refractivity contribution is 7.88. The van der Waals surface area contributed by atoms with Crippen LogP contribution in [-0.2, 0) is 25.3 Å². The molecule has 0 saturated heterocycles. The van der Waals surface area contributed by atoms with Crippen molar-refractivity contribution < 1.29 is 17.9 Å². The van der Waals surface area contributed by atoms with Gasteiger partial charge in [0.2, 0.25) is 15.9 Å². The maximum absolute atomic E-state index is 11.8. The van der Waals surface area contributed by atoms with Gasteiger partial charge in [-0.3, -0.25) is 4.79 Å². The van der Waals surface area contributed by atoms with Gasteiger partial charge in [-0.2, -0.15) is 0 Å². The number of benzene rings is 1. The number of anilines is 1. The molecule has 0 aliphatic heterocycles. The van der Waals surface area contributed by atoms with E-state index >= 15 is 0 Å². The van der Waals surface area contributed by atoms with Gasteiger partial charge in [-0.1, -0.05) is 12.1 Å². The van der Waals surface area contributed by atoms with Gasteiger partial charge in [0.25, 0.3) is 0 Å². The minimum absolute atomic E-state index is 0.170. The summed E-state index contributed by atoms with van der Waals surface area (Å²) in [5.41, 5.74) is 0.639. The van der Waals surface area contributed by atoms with Gasteiger partial charge in [-0.15, -0.1) is 0 Å². The number of hydrogen-bond acceptors (Lipinski definition) is 4. The lowest BCUT2D eigenvalue weighted by Crippen LogP contribution is -2.29. The lowest BCUT2D eigenvalue weighted by molar-refractivity contribution is -0.121. The first-order chi connectivity index (χ1) is 9.11. The maximum Gasteiger partial charge on any atom is 0.227 e. The molecule has 1 aromatic carbocycles. The summed E-state index contributed by atoms with van der Waals surface area (Å²) in [5, 5.41) is 7.68. The van der Waals surface area contributed by atoms with Crippen LogP contribution in [0, 0.1) is 0 Å². The van der Waals surface area contributed by atoms with Crippen molar-refractivity contribution in [2.24, 2.45) is 5.14 Å². The zero-order valence-corrected chi connectivity index (χ0v) is 12.7. The van der Waals surface area contributed by atoms with Crippen LogP contribution < -0.4 is 10.5 Å². The highest BCUT2D eigenvalue weighted by Crippen LogP contribution is 2.16. The number of amides is 1. The zero-order chi connectivity index (χ0) is 15.4. The largest absolute Gasteiger partial charge is 0.378 e. The van der Waals surface area contributed by atoms with E-state index in [4.69, 9.17) is 9.88 Å². The highest BCUT2D eigenvalue weighted by atomic mass is 32.2. The van der Waals surface area contributed by atoms with E-state index < -0.39 is 15.6 Å². The number of ether oxygens (including phenoxy) is 1. The summed E-state index contributed by atoms with van der Waals surface area (Å²) < 4.78 is 27.1. The number of hydrogen-bond donors (Lipinski definition) is 2. The molecule has 0 spiro atoms. The van der Waals surface area contributed by atoms with Gasteiger partial charge in [0, 0.05) is 12.8 Å². The molecule has 1 rings (SSSR count). The summed E-state index contributed by atoms with van der Waals surface area (Å²) in [5.74, 6) is -0.395. The highest BCUT2D eigenvalue weighted by Gasteiger charge is 2.21. The van der Waals surface area contributed by atoms with E-state index in [0.717, 1.165) is 0 Å². The first-order valence-corrected chi connectivity index (χ1v) is 7.77. The lowest BCUT2D eigenvalue weighted by atomic mass is 10.0. The maximum atomic E-state index is 11.8. The van der Waals surface area contributed by atoms with E-state index in [2.05, 4.69) is 5.32 Å². The quantitative estimate of drug-likeness (QED) is 0.825. The first kappa shape index (κ1) is 16.6. The second kappa shape index (κ2) is 6.34. The average molecular weight is 300 g/mol. The Morgan fingerprint density at radius 3 is 2.30 bits per heavy atom. The number of rotatable bonds is 6. The number of methoxy groups -OCH3 is 1. The zero-order valence-electron chi connectivity index (χ0n) is 11.8. The molecule has 0 aliphatic carbocycles. The van der Waals surface area contributed by atoms with E-state index in [1.807, 2.05) is 13.8 Å². The predicted molar refractivity (Wildman–Crippen MR) is 77.6 cm³/mol. The third kappa shape index (κ3) is 6.14. The molecule has 0 aliphatic rings. The Bertz CT molecular complexity index is 565. The van der Waals surface area contributed by atoms with Crippen molar-refractivity contribution in [1.29, 1.82) is 0 Å². The third-order valence-electron chi connectivity index (χ3n) is 2.74. The molecule has 0 atom stereocenters. The standard InChI is InChI=1S/C13H20N2O4S/c1-13(2,19-3)8-12(16)15-11-6-4-10(5-7-11)9-20(14,17)18/h4-7H,8-9H2,1-3H3,(H,15,16)(H2,14,17,18). The molecule has 0 heterocycles. The molecule has 3 N–H and O–H groups in total. The van der Waals surface area contributed by atoms with Crippen LogP contribution in [-0.4, -0.2) is 27.0 Å². The van der Waals surface area contributed by atoms with Crippen molar-refractivity contribution in [3.05, 3.63) is 29.8 Å². The number of carbonyl (C=O) groups is 1. The Morgan fingerprint density at radius 2 is 1.85 bits per heavy atom. The Morgan fingerprint density at radius 1 is 1.30 bits per heavy atom. The third-order valence-corrected chi connectivity index (χ3v) is 3.48. The normalized spacial score (nSPS) is 12.2. The average Bonchev–Trinajstić information content (AvgIpc) is 2.29. The Labute approximate surface area is 119 Å². The van der Waals surface area contributed by atoms with E-state index in [9.17, 15) is 13.2 Å². The second-order valence-electron chi connectivity index (χ2n) is 5.19. The van der Waals surface area contributed by atoms with Crippen LogP contribution in [0.15, 0.2) is 24.3 Å². The Balaban J connectivity index is 2.64. The number of primary sulfonamides is 1. The number of nitrogens with two attached hydrogens (primary N) is 1. The number of carbonyl (C=O) groups excluding carboxylic acids is 1. The van der Waals surface area contributed by atoms with Crippen LogP contribution >= 0.6 is 0 Å². The molecule has 6 nitrogen and oxygen atoms in total. The van der Waals surface area contributed by atoms with Crippen molar-refractivity contribution >= 4 is 21.6 Å². The minimum Gasteiger partial charge on any atom is -0.378 e. The van der Waals surface area contributed by atoms with Crippen molar-refractivity contribution in [1.82, 2.24) is 0 Å². The Kier molecular flexibility index (Phi) is 5.27. The number of nitrogens with one attached hydrogen (secondary N) is 1. The van der Waals surface area contributed by atoms with Crippen molar-refractivity contribution in [3.8, 4) is 0 Å². The lowest BCUT2D eigenvalue weighted by Gasteiger charge is -2.21. The summed E-state index contributed by atoms with van der Waals surface area (Å²) in [4.78, 5) is 11.8. The molecule has 0 aromatic heterocycles. The van der Waals surface area contributed by atoms with Crippen LogP contribution in [0.2, 0.25) is 0 Å². The molecular formula is C13H20N2O4S. The fourth-order valence-electron chi connectivity index (χ4n) is 1.58. The van der Waals surface area contributed by atoms with Gasteiger partial charge in [0.05, 0.1) is 17.8 Å². The minimum atomic E-state index is -3.54. The number of sulfonamides is 1. The van der Waals surface area contributed by atoms with Crippen molar-refractivity contribution in [2.45, 2.75) is 31.6 Å². The fourth-order valence-corrected chi connectivity index (χ4v) is 2.24. The Hall–Kier alpha value is -1.44. The summed E-state index contributed by atoms with van der Waals surface area (Å²) >= 11 is 0. The predicted octanol–water partition coefficient (Wildman–Crippen LogP) is 1.23. The van der Waals surface area contributed by atoms with Gasteiger partial charge < -0.3 is 10.1 Å². The van der Waals surface area contributed by atoms with Crippen LogP contribution in [0.1, 0.15) is 25.8 Å². The molecule has 0 unspecified atom stereocenters. The summed E-state index contributed by atoms with van der Waals surface area (Å²) in [6.07, 6.45) is 0.225. The molecule has 1 aromatic rings. The van der Waals surface area contributed by atoms with E-state index in [-0.39, 0.29) is 18.1 Å². The van der Waals surface area contributed by atoms with Crippen molar-refractivity contribution in [2.75, 3.05) is 12.4 Å². The molecule has 0 bridgehead atoms. The van der Waals surface area contributed by atoms with Crippen LogP contribution in [0.5, 0.6) is 0 Å². The van der Waals surface area contributed by atoms with E-state index in [0.29, 0.717) is 11.3 Å². The molecule has 7 heteroatoms. The first-order valence-electron chi connectivity index (χ1n) is 6.06. The smallest absolute Gasteiger partial charge is 0.227 e. The SMILES string of the molecule is COC(C)(C)CC(=O)Nc1ccc(CS(N)(=O)=O)cc1. The van der Waals surface area contributed by atoms with Crippen LogP contribution in [0.25, 0.3) is 0 Å². The van der Waals surface area contributed by atoms with Crippen LogP contribution in [0.3, 0.4) is 0 Å². The van der Waals surface area contributed by atoms with Gasteiger partial charge in [0.15, 0.2) is 0 Å². The monoisotopic (exact) mass is 300 g/mol. The molecule has 0 radical (unpaired) electrons. The molecular weight excluding hydrogens is 280 g/mol. The van der Waals surface area contributed by atoms with Crippen molar-refractivity contribution in [3.63, 3.8) is 0 Å². The molecule has 0 saturated carbocycles. The van der Waals surface area contributed by atoms with Gasteiger partial charge >= 0.3 is 0 Å². The van der Waals surface area contributed by atoms with Gasteiger partial charge in [-0.25, -0.2) is 13.6 Å². The topological polar surface area (TPSA) is 98.5 Å². The second-order valence-corrected chi connectivity index (χ2v) is 6.81. The summed E-state index contributed by atoms with van der Waals surface area (Å²) in [6.45, 7) is 3.64. The molecule has 112 valence electrons. The molecule has 0 fully saturated rings. The molecule has 20 heavy (non-hydrogen) atoms. The van der Waals surface area contributed by atoms with E-state index in [1.54, 1.807) is 31.4 Å². The summed E-state index contributed by atoms with van der Waals surface area (Å²) in [6, 6.07) is 6.50. The van der Waals surface area contributed by atoms with Gasteiger partial charge in [0.1, 0.15) is 0 Å². The van der Waals surface area contributed by atoms with E-state index in [1.165, 1.54) is 0 Å². The molecule has 1 amide bonds. The van der Waals surface area contributed by atoms with Gasteiger partial charge in [-0.05, 0) is 31.5 Å². The van der Waals surface area contributed by atoms with Crippen LogP contribution in [0.4, 0.5) is 5.69 Å².